The van der Waals surface area contributed by atoms with Gasteiger partial charge in [-0.15, -0.1) is 11.3 Å². The van der Waals surface area contributed by atoms with Gasteiger partial charge in [-0.2, -0.15) is 0 Å². The number of hydrogen-bond donors (Lipinski definition) is 0. The molecule has 0 bridgehead atoms. The Morgan fingerprint density at radius 2 is 1.79 bits per heavy atom. The number of thiophene rings is 1. The van der Waals surface area contributed by atoms with Crippen LogP contribution in [0.2, 0.25) is 0 Å². The molecule has 0 atom stereocenters. The molecule has 0 radical (unpaired) electrons. The molecule has 3 aromatic carbocycles. The van der Waals surface area contributed by atoms with Gasteiger partial charge in [-0.1, -0.05) is 24.3 Å². The van der Waals surface area contributed by atoms with E-state index < -0.39 is 0 Å². The minimum absolute atomic E-state index is 0.294. The van der Waals surface area contributed by atoms with Crippen LogP contribution in [0, 0.1) is 0 Å². The molecule has 0 fully saturated rings. The second kappa shape index (κ2) is 9.49. The van der Waals surface area contributed by atoms with Crippen molar-refractivity contribution in [3.63, 3.8) is 0 Å². The maximum Gasteiger partial charge on any atom is 0.348 e. The highest BCUT2D eigenvalue weighted by molar-refractivity contribution is 7.18. The standard InChI is InChI=1S/C28H27NO4S/c1-4-31-28(30)26-17-22-21-8-5-6-9-24(21)33-25-16-19-14-20(32-13-7-12-29(2)3)11-10-18(19)15-23(25)27(22)34-26/h5-6,8-11,14-17H,4,7,12-13H2,1-3H3. The van der Waals surface area contributed by atoms with Crippen LogP contribution in [0.15, 0.2) is 60.7 Å². The van der Waals surface area contributed by atoms with Crippen molar-refractivity contribution in [2.24, 2.45) is 0 Å². The first-order valence-corrected chi connectivity index (χ1v) is 12.3. The van der Waals surface area contributed by atoms with Crippen LogP contribution in [0.4, 0.5) is 0 Å². The van der Waals surface area contributed by atoms with Crippen molar-refractivity contribution in [1.82, 2.24) is 4.90 Å². The summed E-state index contributed by atoms with van der Waals surface area (Å²) in [5, 5.41) is 2.14. The summed E-state index contributed by atoms with van der Waals surface area (Å²) in [7, 11) is 4.13. The lowest BCUT2D eigenvalue weighted by Crippen LogP contribution is -2.15. The van der Waals surface area contributed by atoms with Gasteiger partial charge in [0.15, 0.2) is 0 Å². The molecule has 5 nitrogen and oxygen atoms in total. The smallest absolute Gasteiger partial charge is 0.348 e. The highest BCUT2D eigenvalue weighted by Gasteiger charge is 2.26. The van der Waals surface area contributed by atoms with Crippen LogP contribution in [0.25, 0.3) is 32.3 Å². The molecule has 1 aliphatic rings. The van der Waals surface area contributed by atoms with Gasteiger partial charge in [0.05, 0.1) is 13.2 Å². The topological polar surface area (TPSA) is 48.0 Å². The molecule has 0 N–H and O–H groups in total. The van der Waals surface area contributed by atoms with Gasteiger partial charge in [0.2, 0.25) is 0 Å². The number of rotatable bonds is 7. The van der Waals surface area contributed by atoms with E-state index in [1.54, 1.807) is 0 Å². The highest BCUT2D eigenvalue weighted by atomic mass is 32.1. The van der Waals surface area contributed by atoms with E-state index in [1.807, 2.05) is 43.3 Å². The number of para-hydroxylation sites is 1. The first-order chi connectivity index (χ1) is 16.5. The summed E-state index contributed by atoms with van der Waals surface area (Å²) in [5.74, 6) is 2.09. The molecule has 0 unspecified atom stereocenters. The molecule has 4 aromatic rings. The summed E-state index contributed by atoms with van der Waals surface area (Å²) in [6.45, 7) is 3.84. The van der Waals surface area contributed by atoms with Crippen molar-refractivity contribution in [2.75, 3.05) is 33.9 Å². The highest BCUT2D eigenvalue weighted by Crippen LogP contribution is 2.51. The second-order valence-electron chi connectivity index (χ2n) is 8.53. The fourth-order valence-corrected chi connectivity index (χ4v) is 5.26. The molecule has 0 spiro atoms. The Bertz CT molecular complexity index is 1360. The third-order valence-corrected chi connectivity index (χ3v) is 6.93. The number of benzene rings is 3. The Hall–Kier alpha value is -3.35. The monoisotopic (exact) mass is 473 g/mol. The van der Waals surface area contributed by atoms with Crippen LogP contribution in [-0.4, -0.2) is 44.7 Å². The van der Waals surface area contributed by atoms with Crippen LogP contribution in [0.3, 0.4) is 0 Å². The average Bonchev–Trinajstić information content (AvgIpc) is 3.22. The molecule has 174 valence electrons. The lowest BCUT2D eigenvalue weighted by molar-refractivity contribution is 0.0532. The van der Waals surface area contributed by atoms with Crippen LogP contribution in [0.1, 0.15) is 23.0 Å². The van der Waals surface area contributed by atoms with E-state index in [9.17, 15) is 4.79 Å². The third kappa shape index (κ3) is 4.39. The number of carbonyl (C=O) groups is 1. The van der Waals surface area contributed by atoms with Gasteiger partial charge in [0, 0.05) is 28.1 Å². The molecule has 0 amide bonds. The summed E-state index contributed by atoms with van der Waals surface area (Å²) in [5.41, 5.74) is 2.93. The van der Waals surface area contributed by atoms with E-state index in [4.69, 9.17) is 14.2 Å². The van der Waals surface area contributed by atoms with E-state index in [1.165, 1.54) is 11.3 Å². The molecular weight excluding hydrogens is 446 g/mol. The van der Waals surface area contributed by atoms with Gasteiger partial charge in [-0.3, -0.25) is 0 Å². The zero-order chi connectivity index (χ0) is 23.7. The summed E-state index contributed by atoms with van der Waals surface area (Å²) in [4.78, 5) is 16.3. The average molecular weight is 474 g/mol. The van der Waals surface area contributed by atoms with E-state index in [-0.39, 0.29) is 5.97 Å². The van der Waals surface area contributed by atoms with Crippen molar-refractivity contribution >= 4 is 28.1 Å². The normalized spacial score (nSPS) is 11.9. The maximum absolute atomic E-state index is 12.5. The van der Waals surface area contributed by atoms with Crippen molar-refractivity contribution in [3.05, 3.63) is 65.5 Å². The molecule has 1 aromatic heterocycles. The fourth-order valence-electron chi connectivity index (χ4n) is 4.17. The Kier molecular flexibility index (Phi) is 6.26. The van der Waals surface area contributed by atoms with Gasteiger partial charge in [0.25, 0.3) is 0 Å². The number of ether oxygens (including phenoxy) is 3. The molecule has 0 saturated heterocycles. The SMILES string of the molecule is CCOC(=O)c1cc2c(s1)-c1cc3ccc(OCCCN(C)C)cc3cc1Oc1ccccc1-2. The Morgan fingerprint density at radius 3 is 2.62 bits per heavy atom. The van der Waals surface area contributed by atoms with Crippen LogP contribution >= 0.6 is 11.3 Å². The summed E-state index contributed by atoms with van der Waals surface area (Å²) in [6, 6.07) is 20.2. The number of nitrogens with zero attached hydrogens (tertiary/aromatic N) is 1. The molecule has 6 heteroatoms. The maximum atomic E-state index is 12.5. The minimum Gasteiger partial charge on any atom is -0.494 e. The van der Waals surface area contributed by atoms with Crippen molar-refractivity contribution in [3.8, 4) is 38.8 Å². The van der Waals surface area contributed by atoms with Gasteiger partial charge < -0.3 is 19.1 Å². The molecule has 2 heterocycles. The first kappa shape index (κ1) is 22.4. The fraction of sp³-hybridized carbons (Fsp3) is 0.250. The van der Waals surface area contributed by atoms with E-state index in [2.05, 4.69) is 43.3 Å². The molecular formula is C28H27NO4S. The molecule has 0 aliphatic carbocycles. The molecule has 34 heavy (non-hydrogen) atoms. The lowest BCUT2D eigenvalue weighted by Gasteiger charge is -2.13. The predicted octanol–water partition coefficient (Wildman–Crippen LogP) is 6.85. The van der Waals surface area contributed by atoms with Crippen LogP contribution < -0.4 is 9.47 Å². The quantitative estimate of drug-likeness (QED) is 0.191. The van der Waals surface area contributed by atoms with Crippen molar-refractivity contribution in [2.45, 2.75) is 13.3 Å². The van der Waals surface area contributed by atoms with Crippen LogP contribution in [-0.2, 0) is 4.74 Å². The van der Waals surface area contributed by atoms with Crippen molar-refractivity contribution in [1.29, 1.82) is 0 Å². The van der Waals surface area contributed by atoms with Gasteiger partial charge in [-0.25, -0.2) is 4.79 Å². The Morgan fingerprint density at radius 1 is 0.941 bits per heavy atom. The van der Waals surface area contributed by atoms with Gasteiger partial charge >= 0.3 is 5.97 Å². The third-order valence-electron chi connectivity index (χ3n) is 5.78. The summed E-state index contributed by atoms with van der Waals surface area (Å²) < 4.78 is 17.7. The zero-order valence-corrected chi connectivity index (χ0v) is 20.4. The van der Waals surface area contributed by atoms with Crippen LogP contribution in [0.5, 0.6) is 17.2 Å². The van der Waals surface area contributed by atoms with Crippen molar-refractivity contribution < 1.29 is 19.0 Å². The molecule has 5 rings (SSSR count). The lowest BCUT2D eigenvalue weighted by atomic mass is 10.00. The molecule has 0 saturated carbocycles. The largest absolute Gasteiger partial charge is 0.494 e. The number of fused-ring (bicyclic) bond motifs is 6. The summed E-state index contributed by atoms with van der Waals surface area (Å²) >= 11 is 1.45. The minimum atomic E-state index is -0.294. The first-order valence-electron chi connectivity index (χ1n) is 11.5. The van der Waals surface area contributed by atoms with Gasteiger partial charge in [0.1, 0.15) is 22.1 Å². The number of esters is 1. The number of hydrogen-bond acceptors (Lipinski definition) is 6. The zero-order valence-electron chi connectivity index (χ0n) is 19.6. The second-order valence-corrected chi connectivity index (χ2v) is 9.59. The molecule has 1 aliphatic heterocycles. The number of carbonyl (C=O) groups excluding carboxylic acids is 1. The van der Waals surface area contributed by atoms with E-state index in [0.29, 0.717) is 18.1 Å². The Balaban J connectivity index is 1.56. The van der Waals surface area contributed by atoms with E-state index >= 15 is 0 Å². The predicted molar refractivity (Wildman–Crippen MR) is 137 cm³/mol. The Labute approximate surface area is 203 Å². The van der Waals surface area contributed by atoms with E-state index in [0.717, 1.165) is 62.6 Å². The summed E-state index contributed by atoms with van der Waals surface area (Å²) in [6.07, 6.45) is 0.971. The van der Waals surface area contributed by atoms with Gasteiger partial charge in [-0.05, 0) is 74.6 Å².